The van der Waals surface area contributed by atoms with Crippen LogP contribution in [0, 0.1) is 0 Å². The molecule has 0 fully saturated rings. The molecule has 100 valence electrons. The van der Waals surface area contributed by atoms with Gasteiger partial charge in [-0.2, -0.15) is 0 Å². The van der Waals surface area contributed by atoms with Crippen LogP contribution in [0.15, 0.2) is 47.6 Å². The van der Waals surface area contributed by atoms with Gasteiger partial charge in [0.15, 0.2) is 0 Å². The first kappa shape index (κ1) is 13.6. The fourth-order valence-corrected chi connectivity index (χ4v) is 1.79. The fourth-order valence-electron chi connectivity index (χ4n) is 1.79. The SMILES string of the molecule is [N-]=[N+]=NCCC=Cc1ccc(N2C(=O)C=CC2=O)cc1. The summed E-state index contributed by atoms with van der Waals surface area (Å²) in [6.07, 6.45) is 6.97. The van der Waals surface area contributed by atoms with Crippen LogP contribution in [0.3, 0.4) is 0 Å². The summed E-state index contributed by atoms with van der Waals surface area (Å²) in [5.41, 5.74) is 9.63. The summed E-state index contributed by atoms with van der Waals surface area (Å²) in [7, 11) is 0. The lowest BCUT2D eigenvalue weighted by molar-refractivity contribution is -0.119. The van der Waals surface area contributed by atoms with Gasteiger partial charge >= 0.3 is 0 Å². The molecule has 2 amide bonds. The Labute approximate surface area is 115 Å². The maximum atomic E-state index is 11.5. The van der Waals surface area contributed by atoms with Gasteiger partial charge < -0.3 is 0 Å². The van der Waals surface area contributed by atoms with E-state index in [4.69, 9.17) is 5.53 Å². The number of benzene rings is 1. The molecular formula is C14H12N4O2. The highest BCUT2D eigenvalue weighted by atomic mass is 16.2. The van der Waals surface area contributed by atoms with Crippen molar-refractivity contribution in [1.29, 1.82) is 0 Å². The molecule has 1 heterocycles. The zero-order valence-electron chi connectivity index (χ0n) is 10.6. The van der Waals surface area contributed by atoms with Crippen LogP contribution in [0.2, 0.25) is 0 Å². The number of hydrogen-bond donors (Lipinski definition) is 0. The summed E-state index contributed by atoms with van der Waals surface area (Å²) in [6, 6.07) is 7.07. The molecule has 0 unspecified atom stereocenters. The molecule has 0 saturated heterocycles. The zero-order valence-corrected chi connectivity index (χ0v) is 10.6. The molecule has 0 bridgehead atoms. The summed E-state index contributed by atoms with van der Waals surface area (Å²) < 4.78 is 0. The fraction of sp³-hybridized carbons (Fsp3) is 0.143. The Morgan fingerprint density at radius 2 is 1.80 bits per heavy atom. The highest BCUT2D eigenvalue weighted by molar-refractivity contribution is 6.28. The molecule has 1 aromatic carbocycles. The number of hydrogen-bond acceptors (Lipinski definition) is 3. The van der Waals surface area contributed by atoms with E-state index >= 15 is 0 Å². The first-order valence-electron chi connectivity index (χ1n) is 6.06. The lowest BCUT2D eigenvalue weighted by Crippen LogP contribution is -2.29. The van der Waals surface area contributed by atoms with Crippen molar-refractivity contribution >= 4 is 23.6 Å². The Hall–Kier alpha value is -2.85. The minimum atomic E-state index is -0.326. The quantitative estimate of drug-likeness (QED) is 0.270. The molecule has 1 aromatic rings. The van der Waals surface area contributed by atoms with Crippen LogP contribution in [0.4, 0.5) is 5.69 Å². The maximum Gasteiger partial charge on any atom is 0.258 e. The van der Waals surface area contributed by atoms with Crippen molar-refractivity contribution in [2.45, 2.75) is 6.42 Å². The molecule has 1 aliphatic rings. The normalized spacial score (nSPS) is 14.1. The van der Waals surface area contributed by atoms with Crippen molar-refractivity contribution in [2.24, 2.45) is 5.11 Å². The van der Waals surface area contributed by atoms with Gasteiger partial charge in [0.25, 0.3) is 11.8 Å². The first-order chi connectivity index (χ1) is 9.72. The second-order valence-electron chi connectivity index (χ2n) is 4.08. The van der Waals surface area contributed by atoms with E-state index in [2.05, 4.69) is 10.0 Å². The van der Waals surface area contributed by atoms with E-state index in [0.29, 0.717) is 18.7 Å². The number of carbonyl (C=O) groups is 2. The Morgan fingerprint density at radius 1 is 1.15 bits per heavy atom. The largest absolute Gasteiger partial charge is 0.269 e. The van der Waals surface area contributed by atoms with Crippen LogP contribution in [-0.2, 0) is 9.59 Å². The number of nitrogens with zero attached hydrogens (tertiary/aromatic N) is 4. The van der Waals surface area contributed by atoms with Gasteiger partial charge in [0, 0.05) is 23.6 Å². The average Bonchev–Trinajstić information content (AvgIpc) is 2.79. The average molecular weight is 268 g/mol. The van der Waals surface area contributed by atoms with Gasteiger partial charge in [0.1, 0.15) is 0 Å². The molecule has 2 rings (SSSR count). The van der Waals surface area contributed by atoms with Crippen molar-refractivity contribution in [2.75, 3.05) is 11.4 Å². The molecular weight excluding hydrogens is 256 g/mol. The zero-order chi connectivity index (χ0) is 14.4. The summed E-state index contributed by atoms with van der Waals surface area (Å²) in [6.45, 7) is 0.424. The van der Waals surface area contributed by atoms with Gasteiger partial charge in [-0.1, -0.05) is 29.4 Å². The minimum absolute atomic E-state index is 0.326. The molecule has 0 atom stereocenters. The summed E-state index contributed by atoms with van der Waals surface area (Å²) in [4.78, 5) is 26.8. The predicted octanol–water partition coefficient (Wildman–Crippen LogP) is 2.83. The first-order valence-corrected chi connectivity index (χ1v) is 6.06. The second kappa shape index (κ2) is 6.36. The number of anilines is 1. The predicted molar refractivity (Wildman–Crippen MR) is 75.7 cm³/mol. The summed E-state index contributed by atoms with van der Waals surface area (Å²) in [5, 5.41) is 3.43. The standard InChI is InChI=1S/C14H12N4O2/c15-17-16-10-2-1-3-11-4-6-12(7-5-11)18-13(19)8-9-14(18)20/h1,3-9H,2,10H2. The Bertz CT molecular complexity index is 607. The highest BCUT2D eigenvalue weighted by Gasteiger charge is 2.24. The number of amides is 2. The Balaban J connectivity index is 2.01. The molecule has 0 radical (unpaired) electrons. The summed E-state index contributed by atoms with van der Waals surface area (Å²) >= 11 is 0. The van der Waals surface area contributed by atoms with Gasteiger partial charge in [0.2, 0.25) is 0 Å². The molecule has 0 aliphatic carbocycles. The van der Waals surface area contributed by atoms with E-state index in [0.717, 1.165) is 10.5 Å². The topological polar surface area (TPSA) is 86.1 Å². The molecule has 0 aromatic heterocycles. The van der Waals surface area contributed by atoms with Crippen LogP contribution < -0.4 is 4.90 Å². The third kappa shape index (κ3) is 3.13. The van der Waals surface area contributed by atoms with E-state index in [9.17, 15) is 9.59 Å². The number of rotatable bonds is 5. The molecule has 0 saturated carbocycles. The molecule has 6 nitrogen and oxygen atoms in total. The van der Waals surface area contributed by atoms with Gasteiger partial charge in [-0.3, -0.25) is 9.59 Å². The molecule has 6 heteroatoms. The minimum Gasteiger partial charge on any atom is -0.269 e. The highest BCUT2D eigenvalue weighted by Crippen LogP contribution is 2.19. The van der Waals surface area contributed by atoms with Gasteiger partial charge in [0.05, 0.1) is 5.69 Å². The third-order valence-electron chi connectivity index (χ3n) is 2.73. The molecule has 1 aliphatic heterocycles. The molecule has 0 spiro atoms. The number of azide groups is 1. The smallest absolute Gasteiger partial charge is 0.258 e. The number of carbonyl (C=O) groups excluding carboxylic acids is 2. The van der Waals surface area contributed by atoms with Crippen molar-refractivity contribution in [1.82, 2.24) is 0 Å². The molecule has 0 N–H and O–H groups in total. The van der Waals surface area contributed by atoms with Crippen molar-refractivity contribution in [3.05, 3.63) is 58.5 Å². The van der Waals surface area contributed by atoms with E-state index in [-0.39, 0.29) is 11.8 Å². The van der Waals surface area contributed by atoms with Crippen molar-refractivity contribution < 1.29 is 9.59 Å². The van der Waals surface area contributed by atoms with E-state index in [1.807, 2.05) is 24.3 Å². The Morgan fingerprint density at radius 3 is 2.40 bits per heavy atom. The van der Waals surface area contributed by atoms with Crippen molar-refractivity contribution in [3.63, 3.8) is 0 Å². The lowest BCUT2D eigenvalue weighted by atomic mass is 10.1. The Kier molecular flexibility index (Phi) is 4.32. The summed E-state index contributed by atoms with van der Waals surface area (Å²) in [5.74, 6) is -0.652. The van der Waals surface area contributed by atoms with E-state index in [1.165, 1.54) is 12.2 Å². The van der Waals surface area contributed by atoms with Crippen molar-refractivity contribution in [3.8, 4) is 0 Å². The van der Waals surface area contributed by atoms with Gasteiger partial charge in [-0.25, -0.2) is 4.90 Å². The van der Waals surface area contributed by atoms with Gasteiger partial charge in [-0.15, -0.1) is 0 Å². The number of imide groups is 1. The van der Waals surface area contributed by atoms with Crippen LogP contribution in [0.25, 0.3) is 16.5 Å². The monoisotopic (exact) mass is 268 g/mol. The van der Waals surface area contributed by atoms with E-state index in [1.54, 1.807) is 12.1 Å². The van der Waals surface area contributed by atoms with Crippen LogP contribution in [0.5, 0.6) is 0 Å². The van der Waals surface area contributed by atoms with Gasteiger partial charge in [-0.05, 0) is 29.6 Å². The van der Waals surface area contributed by atoms with Crippen LogP contribution in [0.1, 0.15) is 12.0 Å². The van der Waals surface area contributed by atoms with Crippen LogP contribution in [-0.4, -0.2) is 18.4 Å². The van der Waals surface area contributed by atoms with E-state index < -0.39 is 0 Å². The second-order valence-corrected chi connectivity index (χ2v) is 4.08. The maximum absolute atomic E-state index is 11.5. The lowest BCUT2D eigenvalue weighted by Gasteiger charge is -2.13. The van der Waals surface area contributed by atoms with Crippen LogP contribution >= 0.6 is 0 Å². The third-order valence-corrected chi connectivity index (χ3v) is 2.73. The molecule has 20 heavy (non-hydrogen) atoms.